The molecule has 15 heavy (non-hydrogen) atoms. The summed E-state index contributed by atoms with van der Waals surface area (Å²) in [5.41, 5.74) is 7.40. The molecule has 0 saturated heterocycles. The zero-order valence-corrected chi connectivity index (χ0v) is 10.1. The molecule has 2 rings (SSSR count). The minimum absolute atomic E-state index is 0.254. The Bertz CT molecular complexity index is 361. The molecule has 1 aliphatic carbocycles. The molecule has 1 aromatic carbocycles. The van der Waals surface area contributed by atoms with Crippen molar-refractivity contribution in [1.29, 1.82) is 0 Å². The van der Waals surface area contributed by atoms with Gasteiger partial charge in [-0.3, -0.25) is 0 Å². The summed E-state index contributed by atoms with van der Waals surface area (Å²) in [6.45, 7) is 0.745. The van der Waals surface area contributed by atoms with Gasteiger partial charge in [-0.05, 0) is 36.8 Å². The molecule has 0 atom stereocenters. The van der Waals surface area contributed by atoms with Crippen molar-refractivity contribution in [3.8, 4) is 5.75 Å². The monoisotopic (exact) mass is 223 g/mol. The van der Waals surface area contributed by atoms with Gasteiger partial charge in [-0.1, -0.05) is 6.07 Å². The average Bonchev–Trinajstić information content (AvgIpc) is 3.09. The van der Waals surface area contributed by atoms with E-state index in [0.717, 1.165) is 12.3 Å². The van der Waals surface area contributed by atoms with Crippen molar-refractivity contribution in [1.82, 2.24) is 0 Å². The lowest BCUT2D eigenvalue weighted by Crippen LogP contribution is -2.19. The van der Waals surface area contributed by atoms with E-state index in [9.17, 15) is 0 Å². The van der Waals surface area contributed by atoms with Gasteiger partial charge in [0.25, 0.3) is 0 Å². The molecule has 0 aliphatic heterocycles. The van der Waals surface area contributed by atoms with Crippen LogP contribution in [0.4, 0.5) is 0 Å². The smallest absolute Gasteiger partial charge is 0.132 e. The van der Waals surface area contributed by atoms with Gasteiger partial charge < -0.3 is 10.5 Å². The van der Waals surface area contributed by atoms with E-state index in [4.69, 9.17) is 10.5 Å². The Morgan fingerprint density at radius 3 is 2.67 bits per heavy atom. The van der Waals surface area contributed by atoms with Crippen molar-refractivity contribution < 1.29 is 4.74 Å². The normalized spacial score (nSPS) is 17.5. The number of methoxy groups -OCH3 is 1. The minimum Gasteiger partial charge on any atom is -0.496 e. The number of thioether (sulfide) groups is 1. The maximum atomic E-state index is 5.82. The second-order valence-electron chi connectivity index (χ2n) is 4.05. The van der Waals surface area contributed by atoms with E-state index in [1.807, 2.05) is 0 Å². The average molecular weight is 223 g/mol. The molecular formula is C12H17NOS. The van der Waals surface area contributed by atoms with Crippen molar-refractivity contribution in [2.24, 2.45) is 5.73 Å². The first kappa shape index (κ1) is 10.8. The van der Waals surface area contributed by atoms with Crippen LogP contribution < -0.4 is 10.5 Å². The molecule has 1 fully saturated rings. The number of hydrogen-bond acceptors (Lipinski definition) is 3. The molecule has 0 aromatic heterocycles. The topological polar surface area (TPSA) is 35.2 Å². The third-order valence-electron chi connectivity index (χ3n) is 3.24. The fraction of sp³-hybridized carbons (Fsp3) is 0.500. The summed E-state index contributed by atoms with van der Waals surface area (Å²) in [7, 11) is 1.72. The van der Waals surface area contributed by atoms with Crippen LogP contribution in [0.15, 0.2) is 23.1 Å². The van der Waals surface area contributed by atoms with Gasteiger partial charge in [-0.25, -0.2) is 0 Å². The van der Waals surface area contributed by atoms with Crippen LogP contribution in [-0.2, 0) is 5.41 Å². The van der Waals surface area contributed by atoms with Gasteiger partial charge in [0.2, 0.25) is 0 Å². The SMILES string of the molecule is COc1cc(C2(CN)CC2)ccc1SC. The summed E-state index contributed by atoms with van der Waals surface area (Å²) < 4.78 is 5.38. The van der Waals surface area contributed by atoms with Crippen LogP contribution in [0.1, 0.15) is 18.4 Å². The van der Waals surface area contributed by atoms with Crippen LogP contribution in [0.2, 0.25) is 0 Å². The molecule has 82 valence electrons. The maximum Gasteiger partial charge on any atom is 0.132 e. The Kier molecular flexibility index (Phi) is 2.94. The van der Waals surface area contributed by atoms with Gasteiger partial charge in [0.1, 0.15) is 5.75 Å². The van der Waals surface area contributed by atoms with Crippen LogP contribution >= 0.6 is 11.8 Å². The van der Waals surface area contributed by atoms with Crippen LogP contribution in [0.5, 0.6) is 5.75 Å². The zero-order chi connectivity index (χ0) is 10.9. The van der Waals surface area contributed by atoms with E-state index in [0.29, 0.717) is 0 Å². The maximum absolute atomic E-state index is 5.82. The first-order chi connectivity index (χ1) is 7.25. The second-order valence-corrected chi connectivity index (χ2v) is 4.90. The largest absolute Gasteiger partial charge is 0.496 e. The van der Waals surface area contributed by atoms with Gasteiger partial charge in [0.05, 0.1) is 7.11 Å². The standard InChI is InChI=1S/C12H17NOS/c1-14-10-7-9(3-4-11(10)15-2)12(8-13)5-6-12/h3-4,7H,5-6,8,13H2,1-2H3. The lowest BCUT2D eigenvalue weighted by molar-refractivity contribution is 0.403. The summed E-state index contributed by atoms with van der Waals surface area (Å²) in [5.74, 6) is 0.972. The molecule has 1 aromatic rings. The van der Waals surface area contributed by atoms with Crippen molar-refractivity contribution in [3.63, 3.8) is 0 Å². The second kappa shape index (κ2) is 4.06. The third kappa shape index (κ3) is 1.86. The van der Waals surface area contributed by atoms with Gasteiger partial charge in [-0.15, -0.1) is 11.8 Å². The Hall–Kier alpha value is -0.670. The van der Waals surface area contributed by atoms with Gasteiger partial charge in [0.15, 0.2) is 0 Å². The van der Waals surface area contributed by atoms with Crippen molar-refractivity contribution >= 4 is 11.8 Å². The van der Waals surface area contributed by atoms with Crippen LogP contribution in [-0.4, -0.2) is 19.9 Å². The molecule has 0 radical (unpaired) electrons. The summed E-state index contributed by atoms with van der Waals surface area (Å²) in [5, 5.41) is 0. The van der Waals surface area contributed by atoms with Crippen molar-refractivity contribution in [3.05, 3.63) is 23.8 Å². The number of benzene rings is 1. The summed E-state index contributed by atoms with van der Waals surface area (Å²) >= 11 is 1.71. The molecule has 1 aliphatic rings. The third-order valence-corrected chi connectivity index (χ3v) is 4.02. The number of hydrogen-bond donors (Lipinski definition) is 1. The molecule has 2 nitrogen and oxygen atoms in total. The quantitative estimate of drug-likeness (QED) is 0.796. The molecule has 0 heterocycles. The van der Waals surface area contributed by atoms with E-state index < -0.39 is 0 Å². The predicted octanol–water partition coefficient (Wildman–Crippen LogP) is 2.41. The molecule has 2 N–H and O–H groups in total. The fourth-order valence-electron chi connectivity index (χ4n) is 1.93. The summed E-state index contributed by atoms with van der Waals surface area (Å²) in [6, 6.07) is 6.47. The van der Waals surface area contributed by atoms with E-state index >= 15 is 0 Å². The van der Waals surface area contributed by atoms with Crippen LogP contribution in [0, 0.1) is 0 Å². The van der Waals surface area contributed by atoms with Gasteiger partial charge in [0, 0.05) is 16.9 Å². The van der Waals surface area contributed by atoms with E-state index in [1.54, 1.807) is 18.9 Å². The molecule has 0 unspecified atom stereocenters. The first-order valence-corrected chi connectivity index (χ1v) is 6.41. The Balaban J connectivity index is 2.35. The van der Waals surface area contributed by atoms with Crippen molar-refractivity contribution in [2.45, 2.75) is 23.2 Å². The number of ether oxygens (including phenoxy) is 1. The summed E-state index contributed by atoms with van der Waals surface area (Å²) in [4.78, 5) is 1.19. The highest BCUT2D eigenvalue weighted by molar-refractivity contribution is 7.98. The van der Waals surface area contributed by atoms with E-state index in [1.165, 1.54) is 23.3 Å². The fourth-order valence-corrected chi connectivity index (χ4v) is 2.48. The minimum atomic E-state index is 0.254. The lowest BCUT2D eigenvalue weighted by Gasteiger charge is -2.15. The highest BCUT2D eigenvalue weighted by atomic mass is 32.2. The molecule has 1 saturated carbocycles. The Morgan fingerprint density at radius 1 is 1.47 bits per heavy atom. The molecular weight excluding hydrogens is 206 g/mol. The molecule has 0 spiro atoms. The predicted molar refractivity (Wildman–Crippen MR) is 64.7 cm³/mol. The van der Waals surface area contributed by atoms with E-state index in [-0.39, 0.29) is 5.41 Å². The number of rotatable bonds is 4. The highest BCUT2D eigenvalue weighted by Crippen LogP contribution is 2.48. The summed E-state index contributed by atoms with van der Waals surface area (Å²) in [6.07, 6.45) is 4.49. The molecule has 3 heteroatoms. The number of nitrogens with two attached hydrogens (primary N) is 1. The van der Waals surface area contributed by atoms with Crippen LogP contribution in [0.25, 0.3) is 0 Å². The molecule has 0 amide bonds. The lowest BCUT2D eigenvalue weighted by atomic mass is 9.96. The van der Waals surface area contributed by atoms with Crippen molar-refractivity contribution in [2.75, 3.05) is 19.9 Å². The Labute approximate surface area is 95.2 Å². The van der Waals surface area contributed by atoms with Gasteiger partial charge >= 0.3 is 0 Å². The Morgan fingerprint density at radius 2 is 2.20 bits per heavy atom. The highest BCUT2D eigenvalue weighted by Gasteiger charge is 2.43. The van der Waals surface area contributed by atoms with Gasteiger partial charge in [-0.2, -0.15) is 0 Å². The van der Waals surface area contributed by atoms with E-state index in [2.05, 4.69) is 24.5 Å². The molecule has 0 bridgehead atoms. The van der Waals surface area contributed by atoms with Crippen LogP contribution in [0.3, 0.4) is 0 Å². The first-order valence-electron chi connectivity index (χ1n) is 5.18. The zero-order valence-electron chi connectivity index (χ0n) is 9.25.